The fourth-order valence-corrected chi connectivity index (χ4v) is 4.04. The van der Waals surface area contributed by atoms with E-state index in [2.05, 4.69) is 43.0 Å². The third-order valence-corrected chi connectivity index (χ3v) is 6.03. The van der Waals surface area contributed by atoms with Gasteiger partial charge in [-0.15, -0.1) is 0 Å². The van der Waals surface area contributed by atoms with Gasteiger partial charge in [0.25, 0.3) is 11.8 Å². The lowest BCUT2D eigenvalue weighted by molar-refractivity contribution is 0.0594. The average Bonchev–Trinajstić information content (AvgIpc) is 3.02. The van der Waals surface area contributed by atoms with Gasteiger partial charge in [0.05, 0.1) is 28.4 Å². The van der Waals surface area contributed by atoms with Crippen LogP contribution in [0.2, 0.25) is 0 Å². The van der Waals surface area contributed by atoms with Crippen LogP contribution in [-0.4, -0.2) is 40.2 Å². The second-order valence-corrected chi connectivity index (χ2v) is 7.94. The molecule has 1 unspecified atom stereocenters. The Morgan fingerprint density at radius 2 is 1.67 bits per heavy atom. The van der Waals surface area contributed by atoms with Crippen LogP contribution in [0.1, 0.15) is 64.3 Å². The van der Waals surface area contributed by atoms with Gasteiger partial charge in [-0.3, -0.25) is 19.5 Å². The molecule has 5 nitrogen and oxygen atoms in total. The van der Waals surface area contributed by atoms with E-state index >= 15 is 0 Å². The van der Waals surface area contributed by atoms with Gasteiger partial charge in [-0.25, -0.2) is 0 Å². The highest BCUT2D eigenvalue weighted by atomic mass is 16.2. The molecule has 0 fully saturated rings. The normalized spacial score (nSPS) is 14.6. The summed E-state index contributed by atoms with van der Waals surface area (Å²) in [6, 6.07) is 15.0. The third-order valence-electron chi connectivity index (χ3n) is 6.03. The SMILES string of the molecule is CCc1ccc2cc(C(C)N3C(=O)c4ccccc4C3=O)c(CN(C)CC)nc2c1. The van der Waals surface area contributed by atoms with Crippen molar-refractivity contribution in [2.24, 2.45) is 0 Å². The van der Waals surface area contributed by atoms with Gasteiger partial charge in [0, 0.05) is 11.9 Å². The van der Waals surface area contributed by atoms with E-state index in [1.54, 1.807) is 24.3 Å². The van der Waals surface area contributed by atoms with Crippen LogP contribution in [0.25, 0.3) is 10.9 Å². The van der Waals surface area contributed by atoms with Gasteiger partial charge >= 0.3 is 0 Å². The number of hydrogen-bond donors (Lipinski definition) is 0. The molecule has 0 spiro atoms. The van der Waals surface area contributed by atoms with Crippen molar-refractivity contribution >= 4 is 22.7 Å². The van der Waals surface area contributed by atoms with Crippen molar-refractivity contribution in [3.8, 4) is 0 Å². The Morgan fingerprint density at radius 1 is 1.00 bits per heavy atom. The van der Waals surface area contributed by atoms with Gasteiger partial charge < -0.3 is 4.90 Å². The molecule has 4 rings (SSSR count). The fraction of sp³-hybridized carbons (Fsp3) is 0.320. The lowest BCUT2D eigenvalue weighted by Gasteiger charge is -2.26. The molecule has 30 heavy (non-hydrogen) atoms. The zero-order chi connectivity index (χ0) is 21.4. The predicted molar refractivity (Wildman–Crippen MR) is 118 cm³/mol. The number of rotatable bonds is 6. The summed E-state index contributed by atoms with van der Waals surface area (Å²) in [5, 5.41) is 1.02. The zero-order valence-corrected chi connectivity index (χ0v) is 18.0. The highest BCUT2D eigenvalue weighted by Crippen LogP contribution is 2.34. The smallest absolute Gasteiger partial charge is 0.262 e. The van der Waals surface area contributed by atoms with E-state index in [-0.39, 0.29) is 11.8 Å². The predicted octanol–water partition coefficient (Wildman–Crippen LogP) is 4.61. The van der Waals surface area contributed by atoms with E-state index in [1.807, 2.05) is 14.0 Å². The number of nitrogens with zero attached hydrogens (tertiary/aromatic N) is 3. The number of amides is 2. The van der Waals surface area contributed by atoms with E-state index < -0.39 is 6.04 Å². The highest BCUT2D eigenvalue weighted by Gasteiger charge is 2.39. The molecule has 1 aliphatic heterocycles. The topological polar surface area (TPSA) is 53.5 Å². The molecule has 2 aromatic carbocycles. The number of fused-ring (bicyclic) bond motifs is 2. The van der Waals surface area contributed by atoms with Crippen molar-refractivity contribution < 1.29 is 9.59 Å². The fourth-order valence-electron chi connectivity index (χ4n) is 4.04. The zero-order valence-electron chi connectivity index (χ0n) is 18.0. The average molecular weight is 402 g/mol. The summed E-state index contributed by atoms with van der Waals surface area (Å²) in [6.07, 6.45) is 0.953. The maximum Gasteiger partial charge on any atom is 0.262 e. The van der Waals surface area contributed by atoms with E-state index in [9.17, 15) is 9.59 Å². The Labute approximate surface area is 177 Å². The van der Waals surface area contributed by atoms with Crippen LogP contribution in [0.3, 0.4) is 0 Å². The molecule has 1 aliphatic rings. The minimum atomic E-state index is -0.402. The Kier molecular flexibility index (Phi) is 5.39. The molecule has 154 valence electrons. The number of pyridine rings is 1. The Morgan fingerprint density at radius 3 is 2.27 bits per heavy atom. The lowest BCUT2D eigenvalue weighted by Crippen LogP contribution is -2.33. The largest absolute Gasteiger partial charge is 0.301 e. The molecule has 1 aromatic heterocycles. The van der Waals surface area contributed by atoms with Crippen molar-refractivity contribution in [3.05, 3.63) is 76.5 Å². The summed E-state index contributed by atoms with van der Waals surface area (Å²) in [4.78, 5) is 34.6. The van der Waals surface area contributed by atoms with Gasteiger partial charge in [-0.05, 0) is 62.3 Å². The lowest BCUT2D eigenvalue weighted by atomic mass is 10.00. The second kappa shape index (κ2) is 8.00. The minimum Gasteiger partial charge on any atom is -0.301 e. The van der Waals surface area contributed by atoms with Gasteiger partial charge in [-0.1, -0.05) is 38.1 Å². The molecule has 0 N–H and O–H groups in total. The number of carbonyl (C=O) groups is 2. The van der Waals surface area contributed by atoms with Crippen LogP contribution in [0.4, 0.5) is 0 Å². The van der Waals surface area contributed by atoms with Crippen LogP contribution in [-0.2, 0) is 13.0 Å². The molecule has 1 atom stereocenters. The first-order chi connectivity index (χ1) is 14.4. The van der Waals surface area contributed by atoms with Crippen LogP contribution in [0.5, 0.6) is 0 Å². The Hall–Kier alpha value is -3.05. The number of benzene rings is 2. The molecular weight excluding hydrogens is 374 g/mol. The van der Waals surface area contributed by atoms with Crippen molar-refractivity contribution in [1.29, 1.82) is 0 Å². The first-order valence-corrected chi connectivity index (χ1v) is 10.5. The number of aromatic nitrogens is 1. The number of aryl methyl sites for hydroxylation is 1. The first kappa shape index (κ1) is 20.2. The molecule has 0 radical (unpaired) electrons. The summed E-state index contributed by atoms with van der Waals surface area (Å²) in [6.45, 7) is 7.69. The standard InChI is InChI=1S/C25H27N3O2/c1-5-17-11-12-18-14-21(23(15-27(4)6-2)26-22(18)13-17)16(3)28-24(29)19-9-7-8-10-20(19)25(28)30/h7-14,16H,5-6,15H2,1-4H3. The maximum absolute atomic E-state index is 13.0. The van der Waals surface area contributed by atoms with Crippen molar-refractivity contribution in [2.75, 3.05) is 13.6 Å². The van der Waals surface area contributed by atoms with E-state index in [0.717, 1.165) is 35.1 Å². The molecule has 0 saturated heterocycles. The summed E-state index contributed by atoms with van der Waals surface area (Å²) in [7, 11) is 2.05. The summed E-state index contributed by atoms with van der Waals surface area (Å²) in [5.41, 5.74) is 4.97. The molecule has 0 saturated carbocycles. The van der Waals surface area contributed by atoms with E-state index in [0.29, 0.717) is 17.7 Å². The second-order valence-electron chi connectivity index (χ2n) is 7.94. The Bertz CT molecular complexity index is 1100. The van der Waals surface area contributed by atoms with Crippen LogP contribution in [0.15, 0.2) is 48.5 Å². The molecule has 0 aliphatic carbocycles. The van der Waals surface area contributed by atoms with Gasteiger partial charge in [-0.2, -0.15) is 0 Å². The van der Waals surface area contributed by atoms with Gasteiger partial charge in [0.2, 0.25) is 0 Å². The highest BCUT2D eigenvalue weighted by molar-refractivity contribution is 6.21. The minimum absolute atomic E-state index is 0.237. The van der Waals surface area contributed by atoms with Crippen molar-refractivity contribution in [3.63, 3.8) is 0 Å². The molecular formula is C25H27N3O2. The third kappa shape index (κ3) is 3.39. The number of carbonyl (C=O) groups excluding carboxylic acids is 2. The van der Waals surface area contributed by atoms with Crippen LogP contribution >= 0.6 is 0 Å². The Balaban J connectivity index is 1.81. The molecule has 2 amide bonds. The monoisotopic (exact) mass is 401 g/mol. The quantitative estimate of drug-likeness (QED) is 0.566. The molecule has 3 aromatic rings. The van der Waals surface area contributed by atoms with Crippen molar-refractivity contribution in [1.82, 2.24) is 14.8 Å². The summed E-state index contributed by atoms with van der Waals surface area (Å²) in [5.74, 6) is -0.473. The summed E-state index contributed by atoms with van der Waals surface area (Å²) >= 11 is 0. The molecule has 2 heterocycles. The number of hydrogen-bond acceptors (Lipinski definition) is 4. The maximum atomic E-state index is 13.0. The van der Waals surface area contributed by atoms with Gasteiger partial charge in [0.15, 0.2) is 0 Å². The first-order valence-electron chi connectivity index (χ1n) is 10.5. The van der Waals surface area contributed by atoms with Crippen molar-refractivity contribution in [2.45, 2.75) is 39.8 Å². The van der Waals surface area contributed by atoms with Crippen LogP contribution in [0, 0.1) is 0 Å². The molecule has 0 bridgehead atoms. The van der Waals surface area contributed by atoms with Gasteiger partial charge in [0.1, 0.15) is 0 Å². The number of imide groups is 1. The van der Waals surface area contributed by atoms with E-state index in [1.165, 1.54) is 10.5 Å². The molecule has 5 heteroatoms. The van der Waals surface area contributed by atoms with Crippen LogP contribution < -0.4 is 0 Å². The van der Waals surface area contributed by atoms with E-state index in [4.69, 9.17) is 4.98 Å². The summed E-state index contributed by atoms with van der Waals surface area (Å²) < 4.78 is 0.